The van der Waals surface area contributed by atoms with E-state index in [0.717, 1.165) is 18.4 Å². The molecule has 0 atom stereocenters. The Morgan fingerprint density at radius 2 is 2.20 bits per heavy atom. The van der Waals surface area contributed by atoms with Crippen molar-refractivity contribution in [1.29, 1.82) is 0 Å². The predicted octanol–water partition coefficient (Wildman–Crippen LogP) is 2.60. The molecule has 102 valence electrons. The van der Waals surface area contributed by atoms with E-state index in [1.807, 2.05) is 0 Å². The van der Waals surface area contributed by atoms with Gasteiger partial charge in [0, 0.05) is 6.20 Å². The second kappa shape index (κ2) is 5.66. The quantitative estimate of drug-likeness (QED) is 0.532. The van der Waals surface area contributed by atoms with E-state index in [1.165, 1.54) is 12.3 Å². The van der Waals surface area contributed by atoms with Crippen LogP contribution in [0.1, 0.15) is 15.9 Å². The van der Waals surface area contributed by atoms with Crippen LogP contribution in [0.25, 0.3) is 0 Å². The maximum absolute atomic E-state index is 13.3. The van der Waals surface area contributed by atoms with Gasteiger partial charge in [-0.1, -0.05) is 6.58 Å². The van der Waals surface area contributed by atoms with Crippen molar-refractivity contribution in [3.63, 3.8) is 0 Å². The molecule has 0 aliphatic carbocycles. The highest BCUT2D eigenvalue weighted by molar-refractivity contribution is 6.28. The van der Waals surface area contributed by atoms with Crippen molar-refractivity contribution in [1.82, 2.24) is 9.97 Å². The lowest BCUT2D eigenvalue weighted by molar-refractivity contribution is 0.103. The van der Waals surface area contributed by atoms with Crippen LogP contribution in [0.5, 0.6) is 5.75 Å². The Morgan fingerprint density at radius 3 is 2.85 bits per heavy atom. The van der Waals surface area contributed by atoms with Crippen molar-refractivity contribution in [3.8, 4) is 5.75 Å². The maximum Gasteiger partial charge on any atom is 0.224 e. The molecule has 0 unspecified atom stereocenters. The first kappa shape index (κ1) is 14.0. The number of carbonyl (C=O) groups excluding carboxylic acids is 1. The van der Waals surface area contributed by atoms with Gasteiger partial charge in [-0.3, -0.25) is 4.79 Å². The average Bonchev–Trinajstić information content (AvgIpc) is 2.40. The van der Waals surface area contributed by atoms with Crippen LogP contribution in [0.3, 0.4) is 0 Å². The smallest absolute Gasteiger partial charge is 0.224 e. The second-order valence-corrected chi connectivity index (χ2v) is 4.03. The molecule has 0 amide bonds. The van der Waals surface area contributed by atoms with Gasteiger partial charge >= 0.3 is 0 Å². The molecule has 0 bridgehead atoms. The average molecular weight is 294 g/mol. The molecule has 20 heavy (non-hydrogen) atoms. The molecule has 0 aliphatic rings. The number of benzene rings is 1. The summed E-state index contributed by atoms with van der Waals surface area (Å²) in [6, 6.07) is 3.52. The van der Waals surface area contributed by atoms with E-state index < -0.39 is 11.6 Å². The van der Waals surface area contributed by atoms with Gasteiger partial charge < -0.3 is 10.5 Å². The zero-order chi connectivity index (χ0) is 14.7. The Bertz CT molecular complexity index is 691. The SMILES string of the molecule is C=COc1ccc(F)cc1C(=O)c1cnc(Cl)nc1N. The third-order valence-electron chi connectivity index (χ3n) is 2.43. The monoisotopic (exact) mass is 293 g/mol. The number of hydrogen-bond acceptors (Lipinski definition) is 5. The minimum atomic E-state index is -0.585. The van der Waals surface area contributed by atoms with Gasteiger partial charge in [0.2, 0.25) is 11.1 Å². The first-order chi connectivity index (χ1) is 9.52. The summed E-state index contributed by atoms with van der Waals surface area (Å²) in [5.41, 5.74) is 5.61. The van der Waals surface area contributed by atoms with Gasteiger partial charge in [-0.25, -0.2) is 14.4 Å². The molecule has 1 aromatic heterocycles. The van der Waals surface area contributed by atoms with Crippen molar-refractivity contribution in [2.24, 2.45) is 0 Å². The lowest BCUT2D eigenvalue weighted by Crippen LogP contribution is -2.09. The van der Waals surface area contributed by atoms with Crippen LogP contribution < -0.4 is 10.5 Å². The Hall–Kier alpha value is -2.47. The van der Waals surface area contributed by atoms with Crippen LogP contribution in [-0.4, -0.2) is 15.8 Å². The lowest BCUT2D eigenvalue weighted by Gasteiger charge is -2.08. The third-order valence-corrected chi connectivity index (χ3v) is 2.61. The van der Waals surface area contributed by atoms with E-state index in [1.54, 1.807) is 0 Å². The molecule has 2 rings (SSSR count). The van der Waals surface area contributed by atoms with Gasteiger partial charge in [-0.05, 0) is 29.8 Å². The summed E-state index contributed by atoms with van der Waals surface area (Å²) in [5, 5.41) is -0.0825. The first-order valence-electron chi connectivity index (χ1n) is 5.42. The molecule has 0 fully saturated rings. The number of carbonyl (C=O) groups is 1. The summed E-state index contributed by atoms with van der Waals surface area (Å²) < 4.78 is 18.4. The number of anilines is 1. The summed E-state index contributed by atoms with van der Waals surface area (Å²) in [7, 11) is 0. The summed E-state index contributed by atoms with van der Waals surface area (Å²) in [5.74, 6) is -1.10. The number of ketones is 1. The Labute approximate surface area is 118 Å². The molecule has 0 saturated carbocycles. The number of nitrogen functional groups attached to an aromatic ring is 1. The number of ether oxygens (including phenoxy) is 1. The van der Waals surface area contributed by atoms with Crippen molar-refractivity contribution in [2.45, 2.75) is 0 Å². The van der Waals surface area contributed by atoms with Crippen molar-refractivity contribution in [2.75, 3.05) is 5.73 Å². The molecular formula is C13H9ClFN3O2. The van der Waals surface area contributed by atoms with E-state index in [-0.39, 0.29) is 28.0 Å². The first-order valence-corrected chi connectivity index (χ1v) is 5.80. The standard InChI is InChI=1S/C13H9ClFN3O2/c1-2-20-10-4-3-7(15)5-8(10)11(19)9-6-17-13(14)18-12(9)16/h2-6H,1H2,(H2,16,17,18). The molecule has 5 nitrogen and oxygen atoms in total. The van der Waals surface area contributed by atoms with Crippen LogP contribution in [0.2, 0.25) is 5.28 Å². The molecule has 0 aliphatic heterocycles. The summed E-state index contributed by atoms with van der Waals surface area (Å²) in [6.45, 7) is 3.39. The highest BCUT2D eigenvalue weighted by Crippen LogP contribution is 2.25. The minimum absolute atomic E-state index is 0.00825. The van der Waals surface area contributed by atoms with Crippen LogP contribution >= 0.6 is 11.6 Å². The Balaban J connectivity index is 2.52. The van der Waals surface area contributed by atoms with E-state index >= 15 is 0 Å². The molecule has 2 aromatic rings. The number of halogens is 2. The van der Waals surface area contributed by atoms with Gasteiger partial charge in [-0.2, -0.15) is 0 Å². The van der Waals surface area contributed by atoms with E-state index in [4.69, 9.17) is 22.1 Å². The number of nitrogens with two attached hydrogens (primary N) is 1. The van der Waals surface area contributed by atoms with E-state index in [0.29, 0.717) is 0 Å². The second-order valence-electron chi connectivity index (χ2n) is 3.69. The van der Waals surface area contributed by atoms with Gasteiger partial charge in [0.15, 0.2) is 0 Å². The number of nitrogens with zero attached hydrogens (tertiary/aromatic N) is 2. The fraction of sp³-hybridized carbons (Fsp3) is 0. The summed E-state index contributed by atoms with van der Waals surface area (Å²) >= 11 is 5.56. The van der Waals surface area contributed by atoms with Crippen LogP contribution in [0.4, 0.5) is 10.2 Å². The normalized spacial score (nSPS) is 10.1. The van der Waals surface area contributed by atoms with E-state index in [9.17, 15) is 9.18 Å². The van der Waals surface area contributed by atoms with Gasteiger partial charge in [0.05, 0.1) is 17.4 Å². The van der Waals surface area contributed by atoms with Gasteiger partial charge in [0.1, 0.15) is 17.4 Å². The van der Waals surface area contributed by atoms with Gasteiger partial charge in [-0.15, -0.1) is 0 Å². The Morgan fingerprint density at radius 1 is 1.45 bits per heavy atom. The van der Waals surface area contributed by atoms with Crippen LogP contribution in [0, 0.1) is 5.82 Å². The molecule has 7 heteroatoms. The fourth-order valence-corrected chi connectivity index (χ4v) is 1.70. The molecule has 1 aromatic carbocycles. The lowest BCUT2D eigenvalue weighted by atomic mass is 10.0. The summed E-state index contributed by atoms with van der Waals surface area (Å²) in [4.78, 5) is 19.7. The number of aromatic nitrogens is 2. The van der Waals surface area contributed by atoms with E-state index in [2.05, 4.69) is 16.5 Å². The highest BCUT2D eigenvalue weighted by atomic mass is 35.5. The Kier molecular flexibility index (Phi) is 3.95. The zero-order valence-electron chi connectivity index (χ0n) is 10.1. The number of hydrogen-bond donors (Lipinski definition) is 1. The van der Waals surface area contributed by atoms with Crippen molar-refractivity contribution < 1.29 is 13.9 Å². The fourth-order valence-electron chi connectivity index (χ4n) is 1.56. The van der Waals surface area contributed by atoms with Gasteiger partial charge in [0.25, 0.3) is 0 Å². The maximum atomic E-state index is 13.3. The molecule has 2 N–H and O–H groups in total. The highest BCUT2D eigenvalue weighted by Gasteiger charge is 2.19. The largest absolute Gasteiger partial charge is 0.465 e. The topological polar surface area (TPSA) is 78.1 Å². The minimum Gasteiger partial charge on any atom is -0.465 e. The zero-order valence-corrected chi connectivity index (χ0v) is 10.9. The van der Waals surface area contributed by atoms with Crippen LogP contribution in [-0.2, 0) is 0 Å². The van der Waals surface area contributed by atoms with Crippen molar-refractivity contribution in [3.05, 3.63) is 59.5 Å². The predicted molar refractivity (Wildman–Crippen MR) is 72.1 cm³/mol. The summed E-state index contributed by atoms with van der Waals surface area (Å²) in [6.07, 6.45) is 2.31. The molecule has 1 heterocycles. The van der Waals surface area contributed by atoms with Crippen LogP contribution in [0.15, 0.2) is 37.2 Å². The number of rotatable bonds is 4. The van der Waals surface area contributed by atoms with Crippen molar-refractivity contribution >= 4 is 23.2 Å². The molecule has 0 spiro atoms. The third kappa shape index (κ3) is 2.75. The molecular weight excluding hydrogens is 285 g/mol. The molecule has 0 radical (unpaired) electrons. The molecule has 0 saturated heterocycles.